The second-order valence-electron chi connectivity index (χ2n) is 9.99. The number of ether oxygens (including phenoxy) is 1. The molecule has 0 aromatic heterocycles. The first-order chi connectivity index (χ1) is 16.5. The van der Waals surface area contributed by atoms with Crippen molar-refractivity contribution in [2.24, 2.45) is 0 Å². The molecule has 1 atom stereocenters. The van der Waals surface area contributed by atoms with Crippen LogP contribution in [0.5, 0.6) is 0 Å². The van der Waals surface area contributed by atoms with E-state index < -0.39 is 17.7 Å². The zero-order valence-electron chi connectivity index (χ0n) is 20.7. The third-order valence-electron chi connectivity index (χ3n) is 6.33. The van der Waals surface area contributed by atoms with Crippen LogP contribution in [0, 0.1) is 13.8 Å². The van der Waals surface area contributed by atoms with E-state index in [1.54, 1.807) is 12.1 Å². The van der Waals surface area contributed by atoms with Gasteiger partial charge in [-0.1, -0.05) is 54.1 Å². The molecular formula is C29H30ClNO4. The van der Waals surface area contributed by atoms with Crippen LogP contribution in [0.4, 0.5) is 0 Å². The molecule has 3 aromatic carbocycles. The van der Waals surface area contributed by atoms with Crippen molar-refractivity contribution in [3.63, 3.8) is 0 Å². The van der Waals surface area contributed by atoms with Gasteiger partial charge in [0, 0.05) is 29.2 Å². The highest BCUT2D eigenvalue weighted by Crippen LogP contribution is 2.44. The van der Waals surface area contributed by atoms with Crippen LogP contribution in [0.1, 0.15) is 65.1 Å². The average molecular weight is 492 g/mol. The lowest BCUT2D eigenvalue weighted by atomic mass is 9.83. The first-order valence-corrected chi connectivity index (χ1v) is 12.0. The minimum absolute atomic E-state index is 0.0896. The van der Waals surface area contributed by atoms with E-state index in [1.807, 2.05) is 82.0 Å². The van der Waals surface area contributed by atoms with Gasteiger partial charge in [-0.3, -0.25) is 4.79 Å². The topological polar surface area (TPSA) is 66.8 Å². The van der Waals surface area contributed by atoms with Gasteiger partial charge < -0.3 is 14.7 Å². The van der Waals surface area contributed by atoms with Crippen molar-refractivity contribution < 1.29 is 19.4 Å². The van der Waals surface area contributed by atoms with E-state index in [9.17, 15) is 14.7 Å². The molecule has 35 heavy (non-hydrogen) atoms. The number of benzene rings is 3. The summed E-state index contributed by atoms with van der Waals surface area (Å²) in [6.07, 6.45) is -1.24. The van der Waals surface area contributed by atoms with Gasteiger partial charge in [-0.2, -0.15) is 0 Å². The maximum absolute atomic E-state index is 13.6. The molecule has 0 saturated heterocycles. The summed E-state index contributed by atoms with van der Waals surface area (Å²) >= 11 is 6.15. The molecule has 0 aliphatic carbocycles. The number of aliphatic carboxylic acids is 1. The summed E-state index contributed by atoms with van der Waals surface area (Å²) < 4.78 is 6.07. The summed E-state index contributed by atoms with van der Waals surface area (Å²) in [5.74, 6) is -1.18. The highest BCUT2D eigenvalue weighted by atomic mass is 35.5. The first-order valence-electron chi connectivity index (χ1n) is 11.6. The molecule has 1 N–H and O–H groups in total. The monoisotopic (exact) mass is 491 g/mol. The summed E-state index contributed by atoms with van der Waals surface area (Å²) in [5, 5.41) is 10.8. The largest absolute Gasteiger partial charge is 0.479 e. The molecule has 1 aliphatic rings. The number of hydrogen-bond donors (Lipinski definition) is 1. The molecule has 1 unspecified atom stereocenters. The summed E-state index contributed by atoms with van der Waals surface area (Å²) in [5.41, 5.74) is 5.51. The van der Waals surface area contributed by atoms with Crippen LogP contribution >= 0.6 is 11.6 Å². The van der Waals surface area contributed by atoms with E-state index in [2.05, 4.69) is 0 Å². The number of hydrogen-bond acceptors (Lipinski definition) is 3. The Balaban J connectivity index is 1.93. The van der Waals surface area contributed by atoms with Crippen molar-refractivity contribution in [1.29, 1.82) is 0 Å². The summed E-state index contributed by atoms with van der Waals surface area (Å²) in [6.45, 7) is 10.2. The van der Waals surface area contributed by atoms with Crippen LogP contribution in [-0.2, 0) is 22.6 Å². The highest BCUT2D eigenvalue weighted by Gasteiger charge is 2.38. The Morgan fingerprint density at radius 2 is 1.66 bits per heavy atom. The summed E-state index contributed by atoms with van der Waals surface area (Å²) in [6, 6.07) is 17.2. The van der Waals surface area contributed by atoms with Crippen molar-refractivity contribution >= 4 is 23.5 Å². The third-order valence-corrected chi connectivity index (χ3v) is 6.59. The van der Waals surface area contributed by atoms with Gasteiger partial charge in [0.25, 0.3) is 5.91 Å². The molecule has 4 rings (SSSR count). The Morgan fingerprint density at radius 1 is 1.03 bits per heavy atom. The number of fused-ring (bicyclic) bond motifs is 1. The number of halogens is 1. The second kappa shape index (κ2) is 9.48. The number of nitrogens with zero attached hydrogens (tertiary/aromatic N) is 1. The Labute approximate surface area is 211 Å². The van der Waals surface area contributed by atoms with Crippen molar-refractivity contribution in [2.75, 3.05) is 0 Å². The normalized spacial score (nSPS) is 14.2. The predicted molar refractivity (Wildman–Crippen MR) is 138 cm³/mol. The summed E-state index contributed by atoms with van der Waals surface area (Å²) in [4.78, 5) is 28.0. The van der Waals surface area contributed by atoms with Gasteiger partial charge in [0.1, 0.15) is 0 Å². The van der Waals surface area contributed by atoms with Crippen molar-refractivity contribution in [1.82, 2.24) is 4.90 Å². The third kappa shape index (κ3) is 4.97. The van der Waals surface area contributed by atoms with Gasteiger partial charge in [0.05, 0.1) is 5.60 Å². The average Bonchev–Trinajstić information content (AvgIpc) is 3.12. The second-order valence-corrected chi connectivity index (χ2v) is 10.4. The number of carboxylic acid groups (broad SMARTS) is 1. The zero-order chi connectivity index (χ0) is 25.5. The van der Waals surface area contributed by atoms with Crippen LogP contribution in [-0.4, -0.2) is 27.5 Å². The highest BCUT2D eigenvalue weighted by molar-refractivity contribution is 6.30. The molecule has 3 aromatic rings. The number of carbonyl (C=O) groups is 2. The van der Waals surface area contributed by atoms with Gasteiger partial charge in [-0.15, -0.1) is 0 Å². The van der Waals surface area contributed by atoms with Crippen LogP contribution in [0.15, 0.2) is 54.6 Å². The molecule has 0 fully saturated rings. The lowest BCUT2D eigenvalue weighted by Gasteiger charge is -2.29. The number of amides is 1. The van der Waals surface area contributed by atoms with Crippen molar-refractivity contribution in [3.05, 3.63) is 93.0 Å². The van der Waals surface area contributed by atoms with Gasteiger partial charge in [0.2, 0.25) is 0 Å². The van der Waals surface area contributed by atoms with Gasteiger partial charge >= 0.3 is 5.97 Å². The molecule has 0 saturated carbocycles. The minimum Gasteiger partial charge on any atom is -0.479 e. The molecule has 0 bridgehead atoms. The Kier molecular flexibility index (Phi) is 6.76. The Bertz CT molecular complexity index is 1280. The number of carboxylic acids is 1. The van der Waals surface area contributed by atoms with E-state index in [1.165, 1.54) is 0 Å². The van der Waals surface area contributed by atoms with Crippen molar-refractivity contribution in [3.8, 4) is 11.1 Å². The predicted octanol–water partition coefficient (Wildman–Crippen LogP) is 6.72. The Morgan fingerprint density at radius 3 is 2.23 bits per heavy atom. The molecule has 6 heteroatoms. The lowest BCUT2D eigenvalue weighted by molar-refractivity contribution is -0.160. The van der Waals surface area contributed by atoms with Gasteiger partial charge in [-0.05, 0) is 80.1 Å². The van der Waals surface area contributed by atoms with Crippen LogP contribution in [0.3, 0.4) is 0 Å². The fourth-order valence-corrected chi connectivity index (χ4v) is 4.96. The number of carbonyl (C=O) groups excluding carboxylic acids is 1. The molecule has 1 aliphatic heterocycles. The van der Waals surface area contributed by atoms with Gasteiger partial charge in [0.15, 0.2) is 6.10 Å². The minimum atomic E-state index is -1.24. The molecule has 1 heterocycles. The SMILES string of the molecule is Cc1c2c(c(C)c(C(OC(C)(C)C)C(=O)O)c1-c1ccc(Cl)cc1)C(=O)N(Cc1ccccc1)C2. The quantitative estimate of drug-likeness (QED) is 0.415. The molecule has 0 radical (unpaired) electrons. The maximum Gasteiger partial charge on any atom is 0.337 e. The van der Waals surface area contributed by atoms with Crippen molar-refractivity contribution in [2.45, 2.75) is 59.4 Å². The van der Waals surface area contributed by atoms with E-state index in [4.69, 9.17) is 16.3 Å². The Hall–Kier alpha value is -3.15. The molecule has 182 valence electrons. The van der Waals surface area contributed by atoms with Crippen LogP contribution in [0.2, 0.25) is 5.02 Å². The lowest BCUT2D eigenvalue weighted by Crippen LogP contribution is -2.29. The fraction of sp³-hybridized carbons (Fsp3) is 0.310. The smallest absolute Gasteiger partial charge is 0.337 e. The van der Waals surface area contributed by atoms with Crippen LogP contribution < -0.4 is 0 Å². The maximum atomic E-state index is 13.6. The van der Waals surface area contributed by atoms with E-state index >= 15 is 0 Å². The molecule has 5 nitrogen and oxygen atoms in total. The standard InChI is InChI=1S/C29H30ClNO4/c1-17-22-16-31(15-19-9-7-6-8-10-19)27(32)24(22)18(2)25(26(28(33)34)35-29(3,4)5)23(17)20-11-13-21(30)14-12-20/h6-14,26H,15-16H2,1-5H3,(H,33,34). The summed E-state index contributed by atoms with van der Waals surface area (Å²) in [7, 11) is 0. The first kappa shape index (κ1) is 25.0. The van der Waals surface area contributed by atoms with Crippen LogP contribution in [0.25, 0.3) is 11.1 Å². The number of rotatable bonds is 6. The molecular weight excluding hydrogens is 462 g/mol. The van der Waals surface area contributed by atoms with Gasteiger partial charge in [-0.25, -0.2) is 4.79 Å². The fourth-order valence-electron chi connectivity index (χ4n) is 4.83. The van der Waals surface area contributed by atoms with E-state index in [0.717, 1.165) is 27.8 Å². The molecule has 0 spiro atoms. The van der Waals surface area contributed by atoms with E-state index in [-0.39, 0.29) is 5.91 Å². The molecule has 1 amide bonds. The zero-order valence-corrected chi connectivity index (χ0v) is 21.4. The van der Waals surface area contributed by atoms with E-state index in [0.29, 0.717) is 34.8 Å².